The maximum atomic E-state index is 11.5. The van der Waals surface area contributed by atoms with Crippen LogP contribution < -0.4 is 10.1 Å². The fraction of sp³-hybridized carbons (Fsp3) is 0.333. The number of pyridine rings is 1. The number of aliphatic hydroxyl groups is 1. The minimum Gasteiger partial charge on any atom is -0.478 e. The Hall–Kier alpha value is -3.88. The van der Waals surface area contributed by atoms with Gasteiger partial charge in [0.2, 0.25) is 5.88 Å². The van der Waals surface area contributed by atoms with Crippen molar-refractivity contribution in [1.82, 2.24) is 4.98 Å². The third-order valence-corrected chi connectivity index (χ3v) is 4.01. The van der Waals surface area contributed by atoms with E-state index < -0.39 is 44.5 Å². The maximum Gasteiger partial charge on any atom is 0.346 e. The van der Waals surface area contributed by atoms with Crippen LogP contribution in [0.2, 0.25) is 0 Å². The number of ether oxygens (including phenoxy) is 3. The number of aliphatic hydroxyl groups excluding tert-OH is 1. The van der Waals surface area contributed by atoms with Crippen LogP contribution in [0.4, 0.5) is 17.1 Å². The molecule has 0 fully saturated rings. The molecule has 0 aliphatic carbocycles. The number of carboxylic acid groups (broad SMARTS) is 1. The first kappa shape index (κ1) is 24.4. The Morgan fingerprint density at radius 2 is 1.78 bits per heavy atom. The normalized spacial score (nSPS) is 11.6. The van der Waals surface area contributed by atoms with E-state index in [-0.39, 0.29) is 18.2 Å². The van der Waals surface area contributed by atoms with Gasteiger partial charge in [-0.1, -0.05) is 0 Å². The standard InChI is InChI=1S/C18H20N4O10/c1-30-4-5-31-6-7-32-16-3-2-11(10-19-16)20-17(23)12-8-14(21(26)27)15(22(28)29)9-13(12)18(24)25/h2-3,8-10,17,20,23H,4-7H2,1H3,(H,24,25). The quantitative estimate of drug-likeness (QED) is 0.172. The third-order valence-electron chi connectivity index (χ3n) is 4.01. The number of hydrogen-bond donors (Lipinski definition) is 3. The molecule has 2 aromatic rings. The fourth-order valence-electron chi connectivity index (χ4n) is 2.53. The molecule has 1 unspecified atom stereocenters. The van der Waals surface area contributed by atoms with Gasteiger partial charge in [0.15, 0.2) is 6.23 Å². The minimum atomic E-state index is -1.73. The van der Waals surface area contributed by atoms with Gasteiger partial charge in [-0.3, -0.25) is 20.2 Å². The number of aromatic nitrogens is 1. The van der Waals surface area contributed by atoms with Crippen LogP contribution in [0.1, 0.15) is 22.1 Å². The minimum absolute atomic E-state index is 0.235. The zero-order valence-corrected chi connectivity index (χ0v) is 16.8. The molecule has 0 bridgehead atoms. The van der Waals surface area contributed by atoms with E-state index in [9.17, 15) is 35.2 Å². The van der Waals surface area contributed by atoms with Crippen molar-refractivity contribution in [2.24, 2.45) is 0 Å². The molecule has 0 amide bonds. The number of aromatic carboxylic acids is 1. The highest BCUT2D eigenvalue weighted by molar-refractivity contribution is 5.91. The summed E-state index contributed by atoms with van der Waals surface area (Å²) in [5.74, 6) is -1.34. The average molecular weight is 452 g/mol. The van der Waals surface area contributed by atoms with E-state index in [0.717, 1.165) is 0 Å². The van der Waals surface area contributed by atoms with E-state index in [1.54, 1.807) is 7.11 Å². The lowest BCUT2D eigenvalue weighted by Crippen LogP contribution is -2.16. The van der Waals surface area contributed by atoms with Crippen molar-refractivity contribution in [3.05, 3.63) is 61.8 Å². The molecular weight excluding hydrogens is 432 g/mol. The number of methoxy groups -OCH3 is 1. The van der Waals surface area contributed by atoms with Gasteiger partial charge in [-0.05, 0) is 6.07 Å². The second-order valence-electron chi connectivity index (χ2n) is 6.13. The highest BCUT2D eigenvalue weighted by atomic mass is 16.6. The molecule has 0 aliphatic rings. The summed E-state index contributed by atoms with van der Waals surface area (Å²) in [6, 6.07) is 4.12. The summed E-state index contributed by atoms with van der Waals surface area (Å²) in [4.78, 5) is 35.6. The predicted octanol–water partition coefficient (Wildman–Crippen LogP) is 1.74. The Bertz CT molecular complexity index is 967. The SMILES string of the molecule is COCCOCCOc1ccc(NC(O)c2cc([N+](=O)[O-])c([N+](=O)[O-])cc2C(=O)O)cn1. The molecule has 1 heterocycles. The average Bonchev–Trinajstić information content (AvgIpc) is 2.76. The van der Waals surface area contributed by atoms with Crippen LogP contribution >= 0.6 is 0 Å². The van der Waals surface area contributed by atoms with Gasteiger partial charge < -0.3 is 29.7 Å². The highest BCUT2D eigenvalue weighted by Crippen LogP contribution is 2.33. The molecule has 0 saturated carbocycles. The monoisotopic (exact) mass is 452 g/mol. The van der Waals surface area contributed by atoms with E-state index in [4.69, 9.17) is 14.2 Å². The van der Waals surface area contributed by atoms with Gasteiger partial charge in [-0.15, -0.1) is 0 Å². The van der Waals surface area contributed by atoms with E-state index in [0.29, 0.717) is 32.0 Å². The smallest absolute Gasteiger partial charge is 0.346 e. The summed E-state index contributed by atoms with van der Waals surface area (Å²) in [5, 5.41) is 44.4. The van der Waals surface area contributed by atoms with Crippen LogP contribution in [0.15, 0.2) is 30.5 Å². The molecule has 0 spiro atoms. The lowest BCUT2D eigenvalue weighted by Gasteiger charge is -2.16. The van der Waals surface area contributed by atoms with Gasteiger partial charge in [-0.2, -0.15) is 0 Å². The third kappa shape index (κ3) is 6.56. The zero-order chi connectivity index (χ0) is 23.7. The van der Waals surface area contributed by atoms with Crippen molar-refractivity contribution in [1.29, 1.82) is 0 Å². The number of benzene rings is 1. The van der Waals surface area contributed by atoms with E-state index >= 15 is 0 Å². The van der Waals surface area contributed by atoms with Gasteiger partial charge in [0, 0.05) is 30.9 Å². The van der Waals surface area contributed by atoms with Gasteiger partial charge in [0.1, 0.15) is 6.61 Å². The molecule has 0 saturated heterocycles. The van der Waals surface area contributed by atoms with Crippen LogP contribution in [0, 0.1) is 20.2 Å². The molecule has 0 aliphatic heterocycles. The van der Waals surface area contributed by atoms with Crippen LogP contribution in [0.3, 0.4) is 0 Å². The number of carbonyl (C=O) groups is 1. The Morgan fingerprint density at radius 3 is 2.34 bits per heavy atom. The summed E-state index contributed by atoms with van der Waals surface area (Å²) in [6.07, 6.45) is -0.451. The second kappa shape index (κ2) is 11.5. The summed E-state index contributed by atoms with van der Waals surface area (Å²) in [6.45, 7) is 1.44. The number of nitro benzene ring substituents is 2. The van der Waals surface area contributed by atoms with Gasteiger partial charge in [0.05, 0.1) is 47.1 Å². The number of nitrogens with zero attached hydrogens (tertiary/aromatic N) is 3. The van der Waals surface area contributed by atoms with Crippen LogP contribution in [0.25, 0.3) is 0 Å². The molecule has 0 radical (unpaired) electrons. The molecule has 1 atom stereocenters. The first-order valence-corrected chi connectivity index (χ1v) is 9.04. The number of hydrogen-bond acceptors (Lipinski definition) is 11. The Morgan fingerprint density at radius 1 is 1.12 bits per heavy atom. The van der Waals surface area contributed by atoms with Gasteiger partial charge in [0.25, 0.3) is 0 Å². The molecule has 32 heavy (non-hydrogen) atoms. The molecular formula is C18H20N4O10. The van der Waals surface area contributed by atoms with Gasteiger partial charge >= 0.3 is 17.3 Å². The number of carboxylic acids is 1. The predicted molar refractivity (Wildman–Crippen MR) is 108 cm³/mol. The Kier molecular flexibility index (Phi) is 8.76. The van der Waals surface area contributed by atoms with Crippen LogP contribution in [-0.2, 0) is 9.47 Å². The topological polar surface area (TPSA) is 196 Å². The molecule has 14 nitrogen and oxygen atoms in total. The Labute approximate surface area is 180 Å². The first-order chi connectivity index (χ1) is 15.2. The number of nitro groups is 2. The maximum absolute atomic E-state index is 11.5. The van der Waals surface area contributed by atoms with E-state index in [1.807, 2.05) is 0 Å². The molecule has 1 aromatic heterocycles. The molecule has 14 heteroatoms. The van der Waals surface area contributed by atoms with Crippen molar-refractivity contribution in [3.8, 4) is 5.88 Å². The summed E-state index contributed by atoms with van der Waals surface area (Å²) >= 11 is 0. The number of rotatable bonds is 13. The second-order valence-corrected chi connectivity index (χ2v) is 6.13. The van der Waals surface area contributed by atoms with Crippen molar-refractivity contribution in [2.45, 2.75) is 6.23 Å². The number of anilines is 1. The summed E-state index contributed by atoms with van der Waals surface area (Å²) < 4.78 is 15.5. The van der Waals surface area contributed by atoms with Crippen molar-refractivity contribution in [3.63, 3.8) is 0 Å². The molecule has 3 N–H and O–H groups in total. The Balaban J connectivity index is 2.12. The van der Waals surface area contributed by atoms with Crippen molar-refractivity contribution >= 4 is 23.0 Å². The van der Waals surface area contributed by atoms with E-state index in [1.165, 1.54) is 18.3 Å². The number of nitrogens with one attached hydrogen (secondary N) is 1. The van der Waals surface area contributed by atoms with Crippen LogP contribution in [0.5, 0.6) is 5.88 Å². The fourth-order valence-corrected chi connectivity index (χ4v) is 2.53. The van der Waals surface area contributed by atoms with Crippen LogP contribution in [-0.4, -0.2) is 64.6 Å². The molecule has 172 valence electrons. The van der Waals surface area contributed by atoms with Gasteiger partial charge in [-0.25, -0.2) is 9.78 Å². The summed E-state index contributed by atoms with van der Waals surface area (Å²) in [5.41, 5.74) is -2.81. The largest absolute Gasteiger partial charge is 0.478 e. The van der Waals surface area contributed by atoms with Crippen molar-refractivity contribution in [2.75, 3.05) is 38.9 Å². The van der Waals surface area contributed by atoms with E-state index in [2.05, 4.69) is 10.3 Å². The van der Waals surface area contributed by atoms with Crippen molar-refractivity contribution < 1.29 is 39.1 Å². The molecule has 1 aromatic carbocycles. The highest BCUT2D eigenvalue weighted by Gasteiger charge is 2.31. The zero-order valence-electron chi connectivity index (χ0n) is 16.8. The lowest BCUT2D eigenvalue weighted by molar-refractivity contribution is -0.422. The lowest BCUT2D eigenvalue weighted by atomic mass is 10.0. The summed E-state index contributed by atoms with van der Waals surface area (Å²) in [7, 11) is 1.56. The molecule has 2 rings (SSSR count). The first-order valence-electron chi connectivity index (χ1n) is 9.04.